The molecule has 0 atom stereocenters. The number of ether oxygens (including phenoxy) is 1. The number of hydrogen-bond donors (Lipinski definition) is 0. The molecule has 1 aliphatic heterocycles. The van der Waals surface area contributed by atoms with Gasteiger partial charge < -0.3 is 19.1 Å². The second kappa shape index (κ2) is 7.55. The van der Waals surface area contributed by atoms with Gasteiger partial charge in [-0.3, -0.25) is 9.59 Å². The largest absolute Gasteiger partial charge is 0.494 e. The molecule has 138 valence electrons. The van der Waals surface area contributed by atoms with E-state index in [9.17, 15) is 9.59 Å². The van der Waals surface area contributed by atoms with Crippen molar-refractivity contribution >= 4 is 35.0 Å². The van der Waals surface area contributed by atoms with Gasteiger partial charge in [0.05, 0.1) is 17.2 Å². The summed E-state index contributed by atoms with van der Waals surface area (Å²) >= 11 is 12.3. The maximum Gasteiger partial charge on any atom is 0.276 e. The van der Waals surface area contributed by atoms with Gasteiger partial charge in [0.1, 0.15) is 11.3 Å². The molecule has 0 spiro atoms. The highest BCUT2D eigenvalue weighted by molar-refractivity contribution is 6.37. The van der Waals surface area contributed by atoms with Crippen LogP contribution >= 0.6 is 23.2 Å². The summed E-state index contributed by atoms with van der Waals surface area (Å²) in [7, 11) is 1.44. The van der Waals surface area contributed by atoms with Crippen molar-refractivity contribution in [3.05, 3.63) is 45.3 Å². The molecule has 1 aromatic carbocycles. The third-order valence-corrected chi connectivity index (χ3v) is 4.79. The zero-order valence-corrected chi connectivity index (χ0v) is 15.8. The number of nitrogens with zero attached hydrogens (tertiary/aromatic N) is 3. The Morgan fingerprint density at radius 1 is 1.08 bits per heavy atom. The second-order valence-corrected chi connectivity index (χ2v) is 6.66. The summed E-state index contributed by atoms with van der Waals surface area (Å²) in [5, 5.41) is 4.33. The molecule has 0 aliphatic carbocycles. The number of carbonyl (C=O) groups excluding carboxylic acids is 2. The Bertz CT molecular complexity index is 845. The van der Waals surface area contributed by atoms with Crippen LogP contribution in [0.4, 0.5) is 0 Å². The van der Waals surface area contributed by atoms with E-state index >= 15 is 0 Å². The second-order valence-electron chi connectivity index (χ2n) is 5.84. The number of aromatic nitrogens is 1. The number of carbonyl (C=O) groups is 2. The molecule has 9 heteroatoms. The van der Waals surface area contributed by atoms with Gasteiger partial charge in [-0.15, -0.1) is 0 Å². The van der Waals surface area contributed by atoms with Gasteiger partial charge in [0.25, 0.3) is 11.8 Å². The first-order valence-electron chi connectivity index (χ1n) is 7.96. The Balaban J connectivity index is 1.71. The van der Waals surface area contributed by atoms with Gasteiger partial charge in [-0.25, -0.2) is 0 Å². The third kappa shape index (κ3) is 3.50. The molecule has 2 heterocycles. The minimum atomic E-state index is -0.279. The minimum absolute atomic E-state index is 0.215. The van der Waals surface area contributed by atoms with E-state index in [4.69, 9.17) is 32.5 Å². The molecular weight excluding hydrogens is 381 g/mol. The molecule has 0 N–H and O–H groups in total. The normalized spacial score (nSPS) is 14.5. The van der Waals surface area contributed by atoms with E-state index in [-0.39, 0.29) is 33.8 Å². The summed E-state index contributed by atoms with van der Waals surface area (Å²) in [5.74, 6) is 0.330. The van der Waals surface area contributed by atoms with Gasteiger partial charge in [-0.1, -0.05) is 28.4 Å². The van der Waals surface area contributed by atoms with Crippen LogP contribution in [-0.2, 0) is 0 Å². The Morgan fingerprint density at radius 2 is 1.65 bits per heavy atom. The van der Waals surface area contributed by atoms with Gasteiger partial charge in [0.2, 0.25) is 0 Å². The summed E-state index contributed by atoms with van der Waals surface area (Å²) in [6.07, 6.45) is 0. The first-order chi connectivity index (χ1) is 12.4. The van der Waals surface area contributed by atoms with Gasteiger partial charge in [-0.2, -0.15) is 0 Å². The molecule has 7 nitrogen and oxygen atoms in total. The number of amides is 2. The topological polar surface area (TPSA) is 75.9 Å². The van der Waals surface area contributed by atoms with Crippen molar-refractivity contribution in [2.45, 2.75) is 6.92 Å². The van der Waals surface area contributed by atoms with Crippen LogP contribution in [0.2, 0.25) is 10.0 Å². The van der Waals surface area contributed by atoms with E-state index in [0.717, 1.165) is 0 Å². The summed E-state index contributed by atoms with van der Waals surface area (Å²) < 4.78 is 10.2. The van der Waals surface area contributed by atoms with Crippen molar-refractivity contribution in [2.75, 3.05) is 33.3 Å². The lowest BCUT2D eigenvalue weighted by Gasteiger charge is -2.34. The minimum Gasteiger partial charge on any atom is -0.494 e. The van der Waals surface area contributed by atoms with Crippen LogP contribution in [0, 0.1) is 6.92 Å². The van der Waals surface area contributed by atoms with Gasteiger partial charge in [0.15, 0.2) is 11.4 Å². The number of piperazine rings is 1. The summed E-state index contributed by atoms with van der Waals surface area (Å²) in [6, 6.07) is 4.73. The van der Waals surface area contributed by atoms with Gasteiger partial charge in [-0.05, 0) is 19.1 Å². The summed E-state index contributed by atoms with van der Waals surface area (Å²) in [6.45, 7) is 3.23. The van der Waals surface area contributed by atoms with E-state index in [1.54, 1.807) is 34.9 Å². The van der Waals surface area contributed by atoms with Crippen LogP contribution in [0.15, 0.2) is 22.7 Å². The van der Waals surface area contributed by atoms with Crippen LogP contribution in [0.3, 0.4) is 0 Å². The fraction of sp³-hybridized carbons (Fsp3) is 0.353. The van der Waals surface area contributed by atoms with Crippen molar-refractivity contribution in [1.82, 2.24) is 15.0 Å². The predicted octanol–water partition coefficient (Wildman–Crippen LogP) is 2.90. The molecule has 1 fully saturated rings. The van der Waals surface area contributed by atoms with Gasteiger partial charge >= 0.3 is 0 Å². The molecule has 26 heavy (non-hydrogen) atoms. The van der Waals surface area contributed by atoms with E-state index in [1.807, 2.05) is 0 Å². The average Bonchev–Trinajstić information content (AvgIpc) is 3.08. The highest BCUT2D eigenvalue weighted by Gasteiger charge is 2.30. The monoisotopic (exact) mass is 397 g/mol. The standard InChI is InChI=1S/C17H17Cl2N3O4/c1-10-9-13(20-26-10)16(23)21-5-7-22(8-6-21)17(24)14-11(18)3-4-12(19)15(14)25-2/h3-4,9H,5-8H2,1-2H3. The number of hydrogen-bond acceptors (Lipinski definition) is 5. The first kappa shape index (κ1) is 18.5. The third-order valence-electron chi connectivity index (χ3n) is 4.18. The molecule has 0 bridgehead atoms. The molecule has 1 aromatic heterocycles. The fourth-order valence-corrected chi connectivity index (χ4v) is 3.30. The SMILES string of the molecule is COc1c(Cl)ccc(Cl)c1C(=O)N1CCN(C(=O)c2cc(C)on2)CC1. The zero-order valence-electron chi connectivity index (χ0n) is 14.3. The van der Waals surface area contributed by atoms with Crippen molar-refractivity contribution in [3.8, 4) is 5.75 Å². The average molecular weight is 398 g/mol. The van der Waals surface area contributed by atoms with Crippen molar-refractivity contribution < 1.29 is 18.8 Å². The van der Waals surface area contributed by atoms with Crippen LogP contribution in [-0.4, -0.2) is 60.1 Å². The molecule has 0 radical (unpaired) electrons. The van der Waals surface area contributed by atoms with Crippen LogP contribution in [0.25, 0.3) is 0 Å². The number of benzene rings is 1. The lowest BCUT2D eigenvalue weighted by Crippen LogP contribution is -2.50. The Labute approximate surface area is 160 Å². The van der Waals surface area contributed by atoms with E-state index in [2.05, 4.69) is 5.16 Å². The molecule has 1 saturated heterocycles. The highest BCUT2D eigenvalue weighted by Crippen LogP contribution is 2.34. The Hall–Kier alpha value is -2.25. The van der Waals surface area contributed by atoms with Crippen molar-refractivity contribution in [3.63, 3.8) is 0 Å². The summed E-state index contributed by atoms with van der Waals surface area (Å²) in [5.41, 5.74) is 0.496. The summed E-state index contributed by atoms with van der Waals surface area (Å²) in [4.78, 5) is 28.5. The number of rotatable bonds is 3. The van der Waals surface area contributed by atoms with Gasteiger partial charge in [0, 0.05) is 32.2 Å². The number of methoxy groups -OCH3 is 1. The maximum atomic E-state index is 12.9. The molecule has 0 unspecified atom stereocenters. The number of halogens is 2. The Kier molecular flexibility index (Phi) is 5.38. The quantitative estimate of drug-likeness (QED) is 0.795. The van der Waals surface area contributed by atoms with E-state index < -0.39 is 0 Å². The van der Waals surface area contributed by atoms with Crippen LogP contribution < -0.4 is 4.74 Å². The van der Waals surface area contributed by atoms with Crippen LogP contribution in [0.5, 0.6) is 5.75 Å². The molecular formula is C17H17Cl2N3O4. The number of aryl methyl sites for hydroxylation is 1. The molecule has 2 amide bonds. The molecule has 3 rings (SSSR count). The van der Waals surface area contributed by atoms with Crippen LogP contribution in [0.1, 0.15) is 26.6 Å². The van der Waals surface area contributed by atoms with Crippen molar-refractivity contribution in [2.24, 2.45) is 0 Å². The predicted molar refractivity (Wildman–Crippen MR) is 96.1 cm³/mol. The highest BCUT2D eigenvalue weighted by atomic mass is 35.5. The molecule has 0 saturated carbocycles. The van der Waals surface area contributed by atoms with E-state index in [0.29, 0.717) is 37.0 Å². The maximum absolute atomic E-state index is 12.9. The first-order valence-corrected chi connectivity index (χ1v) is 8.71. The molecule has 1 aliphatic rings. The Morgan fingerprint density at radius 3 is 2.19 bits per heavy atom. The fourth-order valence-electron chi connectivity index (χ4n) is 2.83. The zero-order chi connectivity index (χ0) is 18.8. The smallest absolute Gasteiger partial charge is 0.276 e. The molecule has 2 aromatic rings. The van der Waals surface area contributed by atoms with E-state index in [1.165, 1.54) is 7.11 Å². The lowest BCUT2D eigenvalue weighted by molar-refractivity contribution is 0.0528. The lowest BCUT2D eigenvalue weighted by atomic mass is 10.1. The van der Waals surface area contributed by atoms with Crippen molar-refractivity contribution in [1.29, 1.82) is 0 Å².